The Morgan fingerprint density at radius 1 is 1.10 bits per heavy atom. The van der Waals surface area contributed by atoms with Gasteiger partial charge in [-0.2, -0.15) is 0 Å². The number of esters is 1. The molecule has 0 atom stereocenters. The standard InChI is InChI=1S/C21H24N4O3S/c1-4-6-9-12-25(21-23-14(3)18(29-21)20(27)28-5-2)19(26)17-13-22-15-10-7-8-11-16(15)24-17/h7-8,10-11,13H,4-6,9,12H2,1-3H3. The van der Waals surface area contributed by atoms with Crippen LogP contribution in [-0.2, 0) is 4.74 Å². The number of carbonyl (C=O) groups excluding carboxylic acids is 2. The number of benzene rings is 1. The number of nitrogens with zero attached hydrogens (tertiary/aromatic N) is 4. The van der Waals surface area contributed by atoms with Crippen molar-refractivity contribution in [3.05, 3.63) is 46.7 Å². The highest BCUT2D eigenvalue weighted by atomic mass is 32.1. The lowest BCUT2D eigenvalue weighted by Crippen LogP contribution is -2.32. The van der Waals surface area contributed by atoms with Gasteiger partial charge in [0.2, 0.25) is 0 Å². The van der Waals surface area contributed by atoms with Crippen molar-refractivity contribution >= 4 is 39.4 Å². The van der Waals surface area contributed by atoms with Crippen LogP contribution in [0.3, 0.4) is 0 Å². The Kier molecular flexibility index (Phi) is 6.87. The smallest absolute Gasteiger partial charge is 0.350 e. The van der Waals surface area contributed by atoms with E-state index in [1.807, 2.05) is 24.3 Å². The van der Waals surface area contributed by atoms with Crippen LogP contribution in [0, 0.1) is 6.92 Å². The van der Waals surface area contributed by atoms with E-state index in [0.29, 0.717) is 27.8 Å². The third-order valence-electron chi connectivity index (χ3n) is 4.38. The molecule has 152 valence electrons. The number of hydrogen-bond donors (Lipinski definition) is 0. The maximum absolute atomic E-state index is 13.3. The number of anilines is 1. The Morgan fingerprint density at radius 3 is 2.59 bits per heavy atom. The molecule has 0 fully saturated rings. The van der Waals surface area contributed by atoms with Crippen LogP contribution in [0.2, 0.25) is 0 Å². The number of rotatable bonds is 8. The molecule has 3 rings (SSSR count). The largest absolute Gasteiger partial charge is 0.462 e. The van der Waals surface area contributed by atoms with Crippen LogP contribution in [-0.4, -0.2) is 40.0 Å². The predicted octanol–water partition coefficient (Wildman–Crippen LogP) is 4.41. The fourth-order valence-corrected chi connectivity index (χ4v) is 3.87. The number of ether oxygens (including phenoxy) is 1. The first kappa shape index (κ1) is 20.9. The number of unbranched alkanes of at least 4 members (excludes halogenated alkanes) is 2. The number of para-hydroxylation sites is 2. The van der Waals surface area contributed by atoms with Gasteiger partial charge in [-0.25, -0.2) is 14.8 Å². The zero-order chi connectivity index (χ0) is 20.8. The van der Waals surface area contributed by atoms with Gasteiger partial charge in [0.25, 0.3) is 5.91 Å². The van der Waals surface area contributed by atoms with Gasteiger partial charge in [0.1, 0.15) is 10.6 Å². The summed E-state index contributed by atoms with van der Waals surface area (Å²) in [6, 6.07) is 7.42. The van der Waals surface area contributed by atoms with Crippen molar-refractivity contribution in [3.8, 4) is 0 Å². The van der Waals surface area contributed by atoms with Gasteiger partial charge < -0.3 is 4.74 Å². The first-order valence-corrected chi connectivity index (χ1v) is 10.5. The van der Waals surface area contributed by atoms with Gasteiger partial charge in [-0.3, -0.25) is 14.7 Å². The summed E-state index contributed by atoms with van der Waals surface area (Å²) in [6.45, 7) is 6.39. The second-order valence-electron chi connectivity index (χ2n) is 6.54. The third kappa shape index (κ3) is 4.76. The Labute approximate surface area is 173 Å². The molecule has 0 saturated heterocycles. The maximum atomic E-state index is 13.3. The number of hydrogen-bond acceptors (Lipinski definition) is 7. The SMILES string of the molecule is CCCCCN(C(=O)c1cnc2ccccc2n1)c1nc(C)c(C(=O)OCC)s1. The normalized spacial score (nSPS) is 10.9. The monoisotopic (exact) mass is 412 g/mol. The molecule has 0 aliphatic carbocycles. The van der Waals surface area contributed by atoms with Gasteiger partial charge in [0.15, 0.2) is 5.13 Å². The van der Waals surface area contributed by atoms with Gasteiger partial charge in [-0.1, -0.05) is 43.2 Å². The molecule has 29 heavy (non-hydrogen) atoms. The first-order chi connectivity index (χ1) is 14.0. The molecular formula is C21H24N4O3S. The van der Waals surface area contributed by atoms with E-state index in [-0.39, 0.29) is 18.2 Å². The van der Waals surface area contributed by atoms with Gasteiger partial charge in [-0.15, -0.1) is 0 Å². The number of fused-ring (bicyclic) bond motifs is 1. The summed E-state index contributed by atoms with van der Waals surface area (Å²) >= 11 is 1.17. The minimum absolute atomic E-state index is 0.255. The van der Waals surface area contributed by atoms with Crippen LogP contribution >= 0.6 is 11.3 Å². The topological polar surface area (TPSA) is 85.3 Å². The number of aryl methyl sites for hydroxylation is 1. The van der Waals surface area contributed by atoms with E-state index in [0.717, 1.165) is 24.8 Å². The molecule has 1 amide bonds. The molecule has 0 unspecified atom stereocenters. The molecule has 7 nitrogen and oxygen atoms in total. The summed E-state index contributed by atoms with van der Waals surface area (Å²) in [7, 11) is 0. The van der Waals surface area contributed by atoms with E-state index in [9.17, 15) is 9.59 Å². The van der Waals surface area contributed by atoms with E-state index in [1.165, 1.54) is 17.5 Å². The fourth-order valence-electron chi connectivity index (χ4n) is 2.89. The van der Waals surface area contributed by atoms with Crippen LogP contribution in [0.25, 0.3) is 11.0 Å². The minimum Gasteiger partial charge on any atom is -0.462 e. The summed E-state index contributed by atoms with van der Waals surface area (Å²) in [4.78, 5) is 40.8. The molecule has 0 spiro atoms. The van der Waals surface area contributed by atoms with Crippen molar-refractivity contribution < 1.29 is 14.3 Å². The van der Waals surface area contributed by atoms with E-state index < -0.39 is 5.97 Å². The molecule has 0 saturated carbocycles. The lowest BCUT2D eigenvalue weighted by atomic mass is 10.2. The van der Waals surface area contributed by atoms with Gasteiger partial charge in [0.05, 0.1) is 29.5 Å². The van der Waals surface area contributed by atoms with E-state index >= 15 is 0 Å². The average Bonchev–Trinajstić information content (AvgIpc) is 3.12. The highest BCUT2D eigenvalue weighted by molar-refractivity contribution is 7.17. The zero-order valence-electron chi connectivity index (χ0n) is 16.8. The summed E-state index contributed by atoms with van der Waals surface area (Å²) in [5, 5.41) is 0.474. The molecule has 3 aromatic rings. The Hall–Kier alpha value is -2.87. The summed E-state index contributed by atoms with van der Waals surface area (Å²) in [5.41, 5.74) is 2.21. The van der Waals surface area contributed by atoms with Gasteiger partial charge in [-0.05, 0) is 32.4 Å². The van der Waals surface area contributed by atoms with Crippen molar-refractivity contribution in [2.45, 2.75) is 40.0 Å². The van der Waals surface area contributed by atoms with Crippen LogP contribution in [0.15, 0.2) is 30.5 Å². The second kappa shape index (κ2) is 9.56. The minimum atomic E-state index is -0.416. The highest BCUT2D eigenvalue weighted by Crippen LogP contribution is 2.28. The molecule has 2 heterocycles. The van der Waals surface area contributed by atoms with Crippen molar-refractivity contribution in [2.75, 3.05) is 18.1 Å². The molecule has 2 aromatic heterocycles. The lowest BCUT2D eigenvalue weighted by Gasteiger charge is -2.19. The van der Waals surface area contributed by atoms with Crippen molar-refractivity contribution in [1.29, 1.82) is 0 Å². The molecule has 0 radical (unpaired) electrons. The molecule has 0 aliphatic heterocycles. The second-order valence-corrected chi connectivity index (χ2v) is 7.52. The summed E-state index contributed by atoms with van der Waals surface area (Å²) < 4.78 is 5.10. The van der Waals surface area contributed by atoms with Crippen LogP contribution in [0.4, 0.5) is 5.13 Å². The van der Waals surface area contributed by atoms with Gasteiger partial charge in [0, 0.05) is 6.54 Å². The van der Waals surface area contributed by atoms with Crippen molar-refractivity contribution in [2.24, 2.45) is 0 Å². The van der Waals surface area contributed by atoms with Crippen LogP contribution in [0.5, 0.6) is 0 Å². The Morgan fingerprint density at radius 2 is 1.86 bits per heavy atom. The summed E-state index contributed by atoms with van der Waals surface area (Å²) in [6.07, 6.45) is 4.34. The number of aromatic nitrogens is 3. The van der Waals surface area contributed by atoms with Gasteiger partial charge >= 0.3 is 5.97 Å². The Balaban J connectivity index is 1.94. The van der Waals surface area contributed by atoms with Crippen molar-refractivity contribution in [1.82, 2.24) is 15.0 Å². The maximum Gasteiger partial charge on any atom is 0.350 e. The van der Waals surface area contributed by atoms with Crippen LogP contribution in [0.1, 0.15) is 59.0 Å². The molecule has 1 aromatic carbocycles. The van der Waals surface area contributed by atoms with E-state index in [2.05, 4.69) is 21.9 Å². The number of carbonyl (C=O) groups is 2. The van der Waals surface area contributed by atoms with Crippen molar-refractivity contribution in [3.63, 3.8) is 0 Å². The molecule has 0 aliphatic rings. The van der Waals surface area contributed by atoms with Crippen LogP contribution < -0.4 is 4.90 Å². The highest BCUT2D eigenvalue weighted by Gasteiger charge is 2.25. The predicted molar refractivity (Wildman–Crippen MR) is 114 cm³/mol. The number of amides is 1. The summed E-state index contributed by atoms with van der Waals surface area (Å²) in [5.74, 6) is -0.691. The Bertz CT molecular complexity index is 1020. The van der Waals surface area contributed by atoms with E-state index in [1.54, 1.807) is 18.7 Å². The fraction of sp³-hybridized carbons (Fsp3) is 0.381. The third-order valence-corrected chi connectivity index (χ3v) is 5.54. The molecule has 0 N–H and O–H groups in total. The zero-order valence-corrected chi connectivity index (χ0v) is 17.7. The lowest BCUT2D eigenvalue weighted by molar-refractivity contribution is 0.0531. The quantitative estimate of drug-likeness (QED) is 0.402. The average molecular weight is 413 g/mol. The molecular weight excluding hydrogens is 388 g/mol. The van der Waals surface area contributed by atoms with E-state index in [4.69, 9.17) is 4.74 Å². The molecule has 8 heteroatoms. The first-order valence-electron chi connectivity index (χ1n) is 9.73. The number of thiazole rings is 1. The molecule has 0 bridgehead atoms.